The Morgan fingerprint density at radius 2 is 2.10 bits per heavy atom. The van der Waals surface area contributed by atoms with Crippen LogP contribution < -0.4 is 5.73 Å². The molecule has 1 saturated heterocycles. The first-order valence-electron chi connectivity index (χ1n) is 7.76. The Morgan fingerprint density at radius 1 is 1.43 bits per heavy atom. The van der Waals surface area contributed by atoms with E-state index in [1.165, 1.54) is 12.8 Å². The lowest BCUT2D eigenvalue weighted by Crippen LogP contribution is -2.39. The molecule has 2 N–H and O–H groups in total. The van der Waals surface area contributed by atoms with E-state index in [9.17, 15) is 4.79 Å². The average Bonchev–Trinajstić information content (AvgIpc) is 2.48. The summed E-state index contributed by atoms with van der Waals surface area (Å²) in [4.78, 5) is 16.8. The van der Waals surface area contributed by atoms with Crippen LogP contribution in [0.25, 0.3) is 0 Å². The normalized spacial score (nSPS) is 18.4. The van der Waals surface area contributed by atoms with Crippen molar-refractivity contribution in [3.63, 3.8) is 0 Å². The maximum atomic E-state index is 12.6. The van der Waals surface area contributed by atoms with E-state index in [1.807, 2.05) is 43.1 Å². The minimum atomic E-state index is -0.134. The van der Waals surface area contributed by atoms with Gasteiger partial charge in [0.2, 0.25) is 5.91 Å². The van der Waals surface area contributed by atoms with Gasteiger partial charge in [0.15, 0.2) is 0 Å². The van der Waals surface area contributed by atoms with Crippen molar-refractivity contribution in [2.75, 3.05) is 39.5 Å². The summed E-state index contributed by atoms with van der Waals surface area (Å²) in [5.41, 5.74) is 7.51. The summed E-state index contributed by atoms with van der Waals surface area (Å²) in [6.45, 7) is 5.09. The average molecular weight is 289 g/mol. The molecule has 1 fully saturated rings. The summed E-state index contributed by atoms with van der Waals surface area (Å²) in [6.07, 6.45) is 2.36. The van der Waals surface area contributed by atoms with Crippen LogP contribution in [0.5, 0.6) is 0 Å². The Balaban J connectivity index is 1.92. The molecule has 2 rings (SSSR count). The Hall–Kier alpha value is -1.55. The number of hydrogen-bond donors (Lipinski definition) is 1. The lowest BCUT2D eigenvalue weighted by atomic mass is 9.95. The number of anilines is 1. The first-order chi connectivity index (χ1) is 9.97. The van der Waals surface area contributed by atoms with Gasteiger partial charge in [0, 0.05) is 19.3 Å². The summed E-state index contributed by atoms with van der Waals surface area (Å²) < 4.78 is 0. The van der Waals surface area contributed by atoms with Gasteiger partial charge < -0.3 is 15.5 Å². The van der Waals surface area contributed by atoms with Crippen LogP contribution in [0.1, 0.15) is 31.2 Å². The molecule has 0 aromatic heterocycles. The molecule has 0 aliphatic carbocycles. The summed E-state index contributed by atoms with van der Waals surface area (Å²) in [5.74, 6) is 0.674. The number of likely N-dealkylation sites (N-methyl/N-ethyl adjacent to an activating group) is 1. The first-order valence-corrected chi connectivity index (χ1v) is 7.76. The third-order valence-corrected chi connectivity index (χ3v) is 4.53. The number of carbonyl (C=O) groups excluding carboxylic acids is 1. The van der Waals surface area contributed by atoms with Gasteiger partial charge in [-0.1, -0.05) is 12.1 Å². The number of piperidine rings is 1. The van der Waals surface area contributed by atoms with Crippen LogP contribution in [0.4, 0.5) is 5.69 Å². The van der Waals surface area contributed by atoms with Crippen LogP contribution in [0.2, 0.25) is 0 Å². The van der Waals surface area contributed by atoms with E-state index in [2.05, 4.69) is 11.9 Å². The van der Waals surface area contributed by atoms with Crippen molar-refractivity contribution >= 4 is 11.6 Å². The molecule has 1 atom stereocenters. The highest BCUT2D eigenvalue weighted by molar-refractivity contribution is 5.83. The maximum absolute atomic E-state index is 12.6. The SMILES string of the molecule is CC(C(=O)N(C)CC1CCN(C)CC1)c1cccc(N)c1. The number of likely N-dealkylation sites (tertiary alicyclic amines) is 1. The number of nitrogen functional groups attached to an aromatic ring is 1. The van der Waals surface area contributed by atoms with Crippen molar-refractivity contribution in [2.24, 2.45) is 5.92 Å². The monoisotopic (exact) mass is 289 g/mol. The predicted octanol–water partition coefficient (Wildman–Crippen LogP) is 2.17. The highest BCUT2D eigenvalue weighted by atomic mass is 16.2. The standard InChI is InChI=1S/C17H27N3O/c1-13(15-5-4-6-16(18)11-15)17(21)20(3)12-14-7-9-19(2)10-8-14/h4-6,11,13-14H,7-10,12,18H2,1-3H3. The second-order valence-corrected chi connectivity index (χ2v) is 6.36. The smallest absolute Gasteiger partial charge is 0.229 e. The quantitative estimate of drug-likeness (QED) is 0.864. The predicted molar refractivity (Wildman–Crippen MR) is 87.1 cm³/mol. The van der Waals surface area contributed by atoms with Gasteiger partial charge in [-0.05, 0) is 63.5 Å². The third kappa shape index (κ3) is 4.21. The molecule has 0 spiro atoms. The molecule has 1 heterocycles. The maximum Gasteiger partial charge on any atom is 0.229 e. The van der Waals surface area contributed by atoms with Crippen molar-refractivity contribution in [3.05, 3.63) is 29.8 Å². The molecular formula is C17H27N3O. The van der Waals surface area contributed by atoms with Crippen LogP contribution in [-0.4, -0.2) is 49.4 Å². The van der Waals surface area contributed by atoms with Crippen LogP contribution in [0.15, 0.2) is 24.3 Å². The van der Waals surface area contributed by atoms with E-state index < -0.39 is 0 Å². The van der Waals surface area contributed by atoms with Gasteiger partial charge in [-0.2, -0.15) is 0 Å². The molecule has 4 heteroatoms. The van der Waals surface area contributed by atoms with Crippen molar-refractivity contribution < 1.29 is 4.79 Å². The van der Waals surface area contributed by atoms with Gasteiger partial charge >= 0.3 is 0 Å². The van der Waals surface area contributed by atoms with E-state index in [0.29, 0.717) is 11.6 Å². The number of benzene rings is 1. The molecule has 0 bridgehead atoms. The van der Waals surface area contributed by atoms with Crippen LogP contribution in [-0.2, 0) is 4.79 Å². The highest BCUT2D eigenvalue weighted by Crippen LogP contribution is 2.22. The van der Waals surface area contributed by atoms with E-state index in [4.69, 9.17) is 5.73 Å². The number of rotatable bonds is 4. The molecule has 1 aromatic rings. The Morgan fingerprint density at radius 3 is 2.71 bits per heavy atom. The van der Waals surface area contributed by atoms with Crippen molar-refractivity contribution in [3.8, 4) is 0 Å². The number of nitrogens with zero attached hydrogens (tertiary/aromatic N) is 2. The van der Waals surface area contributed by atoms with E-state index in [0.717, 1.165) is 25.2 Å². The summed E-state index contributed by atoms with van der Waals surface area (Å²) in [5, 5.41) is 0. The van der Waals surface area contributed by atoms with Gasteiger partial charge in [0.1, 0.15) is 0 Å². The van der Waals surface area contributed by atoms with E-state index >= 15 is 0 Å². The van der Waals surface area contributed by atoms with Crippen molar-refractivity contribution in [2.45, 2.75) is 25.7 Å². The molecule has 1 aliphatic rings. The first kappa shape index (κ1) is 15.8. The number of hydrogen-bond acceptors (Lipinski definition) is 3. The van der Waals surface area contributed by atoms with Crippen LogP contribution in [0, 0.1) is 5.92 Å². The Kier molecular flexibility index (Phi) is 5.23. The lowest BCUT2D eigenvalue weighted by Gasteiger charge is -2.32. The van der Waals surface area contributed by atoms with Crippen molar-refractivity contribution in [1.29, 1.82) is 0 Å². The largest absolute Gasteiger partial charge is 0.399 e. The fourth-order valence-electron chi connectivity index (χ4n) is 3.02. The second-order valence-electron chi connectivity index (χ2n) is 6.36. The zero-order valence-electron chi connectivity index (χ0n) is 13.4. The minimum Gasteiger partial charge on any atom is -0.399 e. The fourth-order valence-corrected chi connectivity index (χ4v) is 3.02. The number of carbonyl (C=O) groups is 1. The molecule has 0 saturated carbocycles. The van der Waals surface area contributed by atoms with Crippen LogP contribution >= 0.6 is 0 Å². The van der Waals surface area contributed by atoms with Crippen molar-refractivity contribution in [1.82, 2.24) is 9.80 Å². The Labute approximate surface area is 127 Å². The fraction of sp³-hybridized carbons (Fsp3) is 0.588. The summed E-state index contributed by atoms with van der Waals surface area (Å²) in [6, 6.07) is 7.63. The molecule has 116 valence electrons. The molecule has 1 amide bonds. The molecule has 0 radical (unpaired) electrons. The Bertz CT molecular complexity index is 481. The second kappa shape index (κ2) is 6.94. The summed E-state index contributed by atoms with van der Waals surface area (Å²) >= 11 is 0. The van der Waals surface area contributed by atoms with Gasteiger partial charge in [0.05, 0.1) is 5.92 Å². The molecule has 1 aromatic carbocycles. The van der Waals surface area contributed by atoms with Gasteiger partial charge in [0.25, 0.3) is 0 Å². The molecule has 1 aliphatic heterocycles. The number of amides is 1. The lowest BCUT2D eigenvalue weighted by molar-refractivity contribution is -0.131. The minimum absolute atomic E-state index is 0.134. The van der Waals surface area contributed by atoms with E-state index in [-0.39, 0.29) is 11.8 Å². The molecule has 4 nitrogen and oxygen atoms in total. The topological polar surface area (TPSA) is 49.6 Å². The van der Waals surface area contributed by atoms with Gasteiger partial charge in [-0.15, -0.1) is 0 Å². The molecular weight excluding hydrogens is 262 g/mol. The van der Waals surface area contributed by atoms with Crippen LogP contribution in [0.3, 0.4) is 0 Å². The van der Waals surface area contributed by atoms with Gasteiger partial charge in [-0.3, -0.25) is 4.79 Å². The highest BCUT2D eigenvalue weighted by Gasteiger charge is 2.23. The van der Waals surface area contributed by atoms with E-state index in [1.54, 1.807) is 0 Å². The zero-order valence-corrected chi connectivity index (χ0v) is 13.4. The third-order valence-electron chi connectivity index (χ3n) is 4.53. The zero-order chi connectivity index (χ0) is 15.4. The van der Waals surface area contributed by atoms with Gasteiger partial charge in [-0.25, -0.2) is 0 Å². The molecule has 21 heavy (non-hydrogen) atoms. The summed E-state index contributed by atoms with van der Waals surface area (Å²) in [7, 11) is 4.08. The molecule has 1 unspecified atom stereocenters. The number of nitrogens with two attached hydrogens (primary N) is 1.